The topological polar surface area (TPSA) is 90.2 Å². The predicted molar refractivity (Wildman–Crippen MR) is 141 cm³/mol. The van der Waals surface area contributed by atoms with Crippen LogP contribution in [0, 0.1) is 0 Å². The maximum atomic E-state index is 13.1. The van der Waals surface area contributed by atoms with E-state index in [1.807, 2.05) is 25.3 Å². The van der Waals surface area contributed by atoms with Crippen molar-refractivity contribution in [3.8, 4) is 0 Å². The summed E-state index contributed by atoms with van der Waals surface area (Å²) in [6.45, 7) is 7.59. The molecule has 0 aliphatic carbocycles. The number of amides is 1. The number of carbonyl (C=O) groups excluding carboxylic acids is 1. The minimum atomic E-state index is -3.71. The molecule has 8 nitrogen and oxygen atoms in total. The largest absolute Gasteiger partial charge is 0.380 e. The van der Waals surface area contributed by atoms with Gasteiger partial charge in [0.2, 0.25) is 10.0 Å². The van der Waals surface area contributed by atoms with Crippen molar-refractivity contribution in [2.45, 2.75) is 44.4 Å². The van der Waals surface area contributed by atoms with E-state index < -0.39 is 15.9 Å². The molecule has 1 amide bonds. The Morgan fingerprint density at radius 2 is 1.83 bits per heavy atom. The second-order valence-electron chi connectivity index (χ2n) is 8.49. The summed E-state index contributed by atoms with van der Waals surface area (Å²) in [6.07, 6.45) is -0.385. The van der Waals surface area contributed by atoms with Crippen LogP contribution in [0.1, 0.15) is 31.1 Å². The molecule has 3 aromatic rings. The molecular formula is C24H27Cl2N3O5S2. The highest BCUT2D eigenvalue weighted by molar-refractivity contribution is 7.89. The molecule has 2 atom stereocenters. The van der Waals surface area contributed by atoms with E-state index in [4.69, 9.17) is 32.7 Å². The van der Waals surface area contributed by atoms with Gasteiger partial charge in [-0.1, -0.05) is 34.5 Å². The van der Waals surface area contributed by atoms with E-state index in [-0.39, 0.29) is 35.8 Å². The highest BCUT2D eigenvalue weighted by Crippen LogP contribution is 2.30. The molecule has 2 aromatic carbocycles. The van der Waals surface area contributed by atoms with Gasteiger partial charge in [0.25, 0.3) is 5.91 Å². The predicted octanol–water partition coefficient (Wildman–Crippen LogP) is 4.59. The van der Waals surface area contributed by atoms with Crippen LogP contribution < -0.4 is 4.80 Å². The lowest BCUT2D eigenvalue weighted by atomic mass is 10.2. The standard InChI is InChI=1S/C24H27Cl2N3O5S2/c1-4-33-10-9-29-22-20(26)11-18(25)12-21(22)35-24(29)27-23(30)17-5-7-19(8-6-17)36(31,32)28-13-15(2)34-16(3)14-28/h5-8,11-12,15-16H,4,9-10,13-14H2,1-3H3. The Bertz CT molecular complexity index is 1420. The van der Waals surface area contributed by atoms with Crippen LogP contribution in [0.25, 0.3) is 10.2 Å². The summed E-state index contributed by atoms with van der Waals surface area (Å²) in [5, 5.41) is 0.949. The molecule has 0 saturated carbocycles. The smallest absolute Gasteiger partial charge is 0.279 e. The summed E-state index contributed by atoms with van der Waals surface area (Å²) in [7, 11) is -3.71. The number of nitrogens with zero attached hydrogens (tertiary/aromatic N) is 3. The fourth-order valence-corrected chi connectivity index (χ4v) is 7.55. The molecule has 2 heterocycles. The van der Waals surface area contributed by atoms with Crippen molar-refractivity contribution in [3.05, 3.63) is 56.8 Å². The van der Waals surface area contributed by atoms with Crippen LogP contribution in [0.5, 0.6) is 0 Å². The third-order valence-electron chi connectivity index (χ3n) is 5.68. The number of carbonyl (C=O) groups is 1. The molecule has 1 fully saturated rings. The average molecular weight is 573 g/mol. The van der Waals surface area contributed by atoms with Gasteiger partial charge in [-0.2, -0.15) is 9.30 Å². The minimum Gasteiger partial charge on any atom is -0.380 e. The fraction of sp³-hybridized carbons (Fsp3) is 0.417. The van der Waals surface area contributed by atoms with Crippen LogP contribution in [-0.2, 0) is 26.0 Å². The van der Waals surface area contributed by atoms with Crippen LogP contribution in [0.4, 0.5) is 0 Å². The zero-order valence-corrected chi connectivity index (χ0v) is 23.3. The van der Waals surface area contributed by atoms with Crippen molar-refractivity contribution >= 4 is 60.7 Å². The molecule has 1 aromatic heterocycles. The molecule has 2 unspecified atom stereocenters. The first-order valence-corrected chi connectivity index (χ1v) is 14.5. The summed E-state index contributed by atoms with van der Waals surface area (Å²) in [5.41, 5.74) is 1.00. The molecule has 0 bridgehead atoms. The van der Waals surface area contributed by atoms with Crippen LogP contribution in [-0.4, -0.2) is 61.7 Å². The SMILES string of the molecule is CCOCCn1c(=NC(=O)c2ccc(S(=O)(=O)N3CC(C)OC(C)C3)cc2)sc2cc(Cl)cc(Cl)c21. The number of ether oxygens (including phenoxy) is 2. The molecule has 12 heteroatoms. The van der Waals surface area contributed by atoms with Crippen molar-refractivity contribution in [1.29, 1.82) is 0 Å². The Hall–Kier alpha value is -1.79. The normalized spacial score (nSPS) is 19.8. The number of benzene rings is 2. The van der Waals surface area contributed by atoms with Crippen LogP contribution in [0.3, 0.4) is 0 Å². The number of hydrogen-bond donors (Lipinski definition) is 0. The Morgan fingerprint density at radius 1 is 1.17 bits per heavy atom. The first-order valence-electron chi connectivity index (χ1n) is 11.5. The van der Waals surface area contributed by atoms with Crippen LogP contribution in [0.15, 0.2) is 46.3 Å². The van der Waals surface area contributed by atoms with Crippen LogP contribution >= 0.6 is 34.5 Å². The van der Waals surface area contributed by atoms with E-state index in [2.05, 4.69) is 4.99 Å². The fourth-order valence-electron chi connectivity index (χ4n) is 4.12. The van der Waals surface area contributed by atoms with Crippen molar-refractivity contribution in [3.63, 3.8) is 0 Å². The minimum absolute atomic E-state index is 0.121. The maximum Gasteiger partial charge on any atom is 0.279 e. The van der Waals surface area contributed by atoms with Gasteiger partial charge in [0.1, 0.15) is 0 Å². The van der Waals surface area contributed by atoms with E-state index in [1.54, 1.807) is 12.1 Å². The van der Waals surface area contributed by atoms with Gasteiger partial charge in [0.15, 0.2) is 4.80 Å². The molecule has 0 spiro atoms. The van der Waals surface area contributed by atoms with Crippen molar-refractivity contribution in [1.82, 2.24) is 8.87 Å². The lowest BCUT2D eigenvalue weighted by Crippen LogP contribution is -2.48. The zero-order chi connectivity index (χ0) is 26.0. The number of thiazole rings is 1. The molecule has 4 rings (SSSR count). The summed E-state index contributed by atoms with van der Waals surface area (Å²) in [6, 6.07) is 9.26. The van der Waals surface area contributed by atoms with Gasteiger partial charge in [-0.15, -0.1) is 0 Å². The van der Waals surface area contributed by atoms with E-state index in [0.29, 0.717) is 34.6 Å². The third-order valence-corrected chi connectivity index (χ3v) is 9.06. The molecule has 36 heavy (non-hydrogen) atoms. The monoisotopic (exact) mass is 571 g/mol. The van der Waals surface area contributed by atoms with Gasteiger partial charge < -0.3 is 14.0 Å². The summed E-state index contributed by atoms with van der Waals surface area (Å²) in [4.78, 5) is 17.9. The van der Waals surface area contributed by atoms with Gasteiger partial charge in [-0.25, -0.2) is 8.42 Å². The number of hydrogen-bond acceptors (Lipinski definition) is 6. The van der Waals surface area contributed by atoms with Gasteiger partial charge in [-0.3, -0.25) is 4.79 Å². The number of fused-ring (bicyclic) bond motifs is 1. The van der Waals surface area contributed by atoms with E-state index in [9.17, 15) is 13.2 Å². The number of morpholine rings is 1. The van der Waals surface area contributed by atoms with Crippen LogP contribution in [0.2, 0.25) is 10.0 Å². The van der Waals surface area contributed by atoms with E-state index in [0.717, 1.165) is 10.2 Å². The Morgan fingerprint density at radius 3 is 2.47 bits per heavy atom. The summed E-state index contributed by atoms with van der Waals surface area (Å²) < 4.78 is 41.4. The first-order chi connectivity index (χ1) is 17.1. The third kappa shape index (κ3) is 5.85. The Balaban J connectivity index is 1.65. The van der Waals surface area contributed by atoms with Crippen molar-refractivity contribution in [2.24, 2.45) is 4.99 Å². The zero-order valence-electron chi connectivity index (χ0n) is 20.1. The number of halogens is 2. The average Bonchev–Trinajstić information content (AvgIpc) is 3.15. The highest BCUT2D eigenvalue weighted by Gasteiger charge is 2.32. The first kappa shape index (κ1) is 27.3. The highest BCUT2D eigenvalue weighted by atomic mass is 35.5. The van der Waals surface area contributed by atoms with Crippen molar-refractivity contribution < 1.29 is 22.7 Å². The summed E-state index contributed by atoms with van der Waals surface area (Å²) >= 11 is 13.9. The number of rotatable bonds is 7. The van der Waals surface area contributed by atoms with E-state index in [1.165, 1.54) is 39.9 Å². The van der Waals surface area contributed by atoms with E-state index >= 15 is 0 Å². The molecule has 0 N–H and O–H groups in total. The molecule has 1 aliphatic rings. The maximum absolute atomic E-state index is 13.1. The lowest BCUT2D eigenvalue weighted by molar-refractivity contribution is -0.0440. The Kier molecular flexibility index (Phi) is 8.56. The molecular weight excluding hydrogens is 545 g/mol. The number of aromatic nitrogens is 1. The second-order valence-corrected chi connectivity index (χ2v) is 12.3. The summed E-state index contributed by atoms with van der Waals surface area (Å²) in [5.74, 6) is -0.494. The number of sulfonamides is 1. The van der Waals surface area contributed by atoms with Crippen molar-refractivity contribution in [2.75, 3.05) is 26.3 Å². The van der Waals surface area contributed by atoms with Gasteiger partial charge in [-0.05, 0) is 57.2 Å². The quantitative estimate of drug-likeness (QED) is 0.387. The second kappa shape index (κ2) is 11.3. The van der Waals surface area contributed by atoms with Gasteiger partial charge in [0, 0.05) is 36.8 Å². The Labute approximate surface area is 224 Å². The molecule has 0 radical (unpaired) electrons. The van der Waals surface area contributed by atoms with Gasteiger partial charge >= 0.3 is 0 Å². The van der Waals surface area contributed by atoms with Gasteiger partial charge in [0.05, 0.1) is 38.9 Å². The molecule has 1 aliphatic heterocycles. The molecule has 194 valence electrons. The lowest BCUT2D eigenvalue weighted by Gasteiger charge is -2.34. The molecule has 1 saturated heterocycles.